The highest BCUT2D eigenvalue weighted by molar-refractivity contribution is 4.38. The topological polar surface area (TPSA) is 26.0 Å². The van der Waals surface area contributed by atoms with Gasteiger partial charge in [-0.1, -0.05) is 13.7 Å². The standard InChI is InChI=1S/C4H11N/c1-4(2)3-5/h4H,3,5H2,1-2H3/i1D3,2D3,4D. The van der Waals surface area contributed by atoms with E-state index in [1.807, 2.05) is 0 Å². The predicted octanol–water partition coefficient (Wildman–Crippen LogP) is 0.601. The molecule has 0 saturated carbocycles. The summed E-state index contributed by atoms with van der Waals surface area (Å²) in [6.07, 6.45) is 0. The third-order valence-electron chi connectivity index (χ3n) is 0.204. The molecule has 0 unspecified atom stereocenters. The van der Waals surface area contributed by atoms with Gasteiger partial charge in [-0.05, 0) is 12.4 Å². The zero-order valence-corrected chi connectivity index (χ0v) is 2.78. The first-order chi connectivity index (χ1) is 5.06. The first kappa shape index (κ1) is 0.648. The summed E-state index contributed by atoms with van der Waals surface area (Å²) in [5.74, 6) is -2.56. The summed E-state index contributed by atoms with van der Waals surface area (Å²) < 4.78 is 48.3. The van der Waals surface area contributed by atoms with Crippen molar-refractivity contribution in [2.24, 2.45) is 11.6 Å². The molecule has 0 aliphatic carbocycles. The second-order valence-electron chi connectivity index (χ2n) is 0.683. The first-order valence-corrected chi connectivity index (χ1v) is 1.26. The molecule has 2 N–H and O–H groups in total. The van der Waals surface area contributed by atoms with Gasteiger partial charge >= 0.3 is 0 Å². The van der Waals surface area contributed by atoms with Gasteiger partial charge in [0.15, 0.2) is 0 Å². The van der Waals surface area contributed by atoms with Crippen molar-refractivity contribution in [3.8, 4) is 0 Å². The van der Waals surface area contributed by atoms with Crippen LogP contribution in [0.15, 0.2) is 0 Å². The number of hydrogen-bond donors (Lipinski definition) is 1. The molecule has 0 spiro atoms. The summed E-state index contributed by atoms with van der Waals surface area (Å²) in [5.41, 5.74) is 4.97. The van der Waals surface area contributed by atoms with Crippen molar-refractivity contribution in [3.05, 3.63) is 0 Å². The van der Waals surface area contributed by atoms with Crippen molar-refractivity contribution in [2.45, 2.75) is 13.7 Å². The highest BCUT2D eigenvalue weighted by Crippen LogP contribution is 1.81. The lowest BCUT2D eigenvalue weighted by Gasteiger charge is -1.91. The highest BCUT2D eigenvalue weighted by atomic mass is 14.5. The fourth-order valence-electron chi connectivity index (χ4n) is 0. The Morgan fingerprint density at radius 3 is 2.80 bits per heavy atom. The molecule has 5 heavy (non-hydrogen) atoms. The molecule has 0 aromatic rings. The Morgan fingerprint density at radius 2 is 2.80 bits per heavy atom. The van der Waals surface area contributed by atoms with E-state index in [0.29, 0.717) is 0 Å². The fraction of sp³-hybridized carbons (Fsp3) is 1.00. The fourth-order valence-corrected chi connectivity index (χ4v) is 0. The van der Waals surface area contributed by atoms with Gasteiger partial charge in [0.05, 0.1) is 0 Å². The molecule has 0 aliphatic rings. The van der Waals surface area contributed by atoms with E-state index in [9.17, 15) is 0 Å². The van der Waals surface area contributed by atoms with Crippen molar-refractivity contribution >= 4 is 0 Å². The van der Waals surface area contributed by atoms with E-state index < -0.39 is 26.1 Å². The Kier molecular flexibility index (Phi) is 0.287. The van der Waals surface area contributed by atoms with Crippen molar-refractivity contribution in [1.29, 1.82) is 0 Å². The van der Waals surface area contributed by atoms with E-state index in [1.165, 1.54) is 0 Å². The van der Waals surface area contributed by atoms with Crippen molar-refractivity contribution < 1.29 is 9.60 Å². The second kappa shape index (κ2) is 2.21. The van der Waals surface area contributed by atoms with Crippen LogP contribution in [0.1, 0.15) is 23.3 Å². The van der Waals surface area contributed by atoms with Crippen LogP contribution < -0.4 is 5.73 Å². The third-order valence-corrected chi connectivity index (χ3v) is 0.204. The van der Waals surface area contributed by atoms with Gasteiger partial charge in [0.1, 0.15) is 0 Å². The molecule has 0 amide bonds. The van der Waals surface area contributed by atoms with Gasteiger partial charge < -0.3 is 5.73 Å². The van der Waals surface area contributed by atoms with Gasteiger partial charge in [0.25, 0.3) is 0 Å². The summed E-state index contributed by atoms with van der Waals surface area (Å²) in [7, 11) is 0. The zero-order chi connectivity index (χ0) is 10.2. The van der Waals surface area contributed by atoms with Gasteiger partial charge in [-0.25, -0.2) is 0 Å². The molecule has 0 aliphatic heterocycles. The molecule has 0 radical (unpaired) electrons. The van der Waals surface area contributed by atoms with Crippen molar-refractivity contribution in [1.82, 2.24) is 0 Å². The molecule has 0 aromatic heterocycles. The van der Waals surface area contributed by atoms with E-state index >= 15 is 0 Å². The molecule has 0 atom stereocenters. The van der Waals surface area contributed by atoms with Crippen LogP contribution in [0.3, 0.4) is 0 Å². The van der Waals surface area contributed by atoms with Crippen molar-refractivity contribution in [3.63, 3.8) is 0 Å². The lowest BCUT2D eigenvalue weighted by atomic mass is 10.2. The Bertz CT molecular complexity index is 142. The van der Waals surface area contributed by atoms with Crippen LogP contribution in [0.25, 0.3) is 0 Å². The quantitative estimate of drug-likeness (QED) is 0.490. The molecule has 0 rings (SSSR count). The molecular formula is C4H11N. The Balaban J connectivity index is 4.95. The molecule has 0 bridgehead atoms. The van der Waals surface area contributed by atoms with Crippen molar-refractivity contribution in [2.75, 3.05) is 6.54 Å². The lowest BCUT2D eigenvalue weighted by molar-refractivity contribution is 0.664. The van der Waals surface area contributed by atoms with E-state index in [-0.39, 0.29) is 0 Å². The monoisotopic (exact) mass is 80.1 g/mol. The van der Waals surface area contributed by atoms with Gasteiger partial charge in [-0.3, -0.25) is 0 Å². The maximum atomic E-state index is 7.22. The largest absolute Gasteiger partial charge is 0.330 e. The normalized spacial score (nSPS) is 37.4. The summed E-state index contributed by atoms with van der Waals surface area (Å²) in [6.45, 7) is -6.47. The van der Waals surface area contributed by atoms with E-state index in [4.69, 9.17) is 15.3 Å². The minimum absolute atomic E-state index is 0.708. The van der Waals surface area contributed by atoms with Crippen LogP contribution in [0.4, 0.5) is 0 Å². The van der Waals surface area contributed by atoms with Gasteiger partial charge in [-0.15, -0.1) is 0 Å². The number of rotatable bonds is 1. The van der Waals surface area contributed by atoms with Gasteiger partial charge in [-0.2, -0.15) is 0 Å². The van der Waals surface area contributed by atoms with Crippen LogP contribution in [0.2, 0.25) is 0 Å². The maximum absolute atomic E-state index is 7.22. The molecule has 1 heteroatoms. The SMILES string of the molecule is [2H]C([2H])([2H])C([2H])(CN)C([2H])([2H])[2H]. The Labute approximate surface area is 43.0 Å². The van der Waals surface area contributed by atoms with Crippen LogP contribution in [0.5, 0.6) is 0 Å². The van der Waals surface area contributed by atoms with Gasteiger partial charge in [0.2, 0.25) is 0 Å². The third kappa shape index (κ3) is 3.96. The average molecular weight is 80.2 g/mol. The molecule has 1 nitrogen and oxygen atoms in total. The minimum atomic E-state index is -2.88. The van der Waals surface area contributed by atoms with Crippen LogP contribution >= 0.6 is 0 Å². The molecule has 32 valence electrons. The van der Waals surface area contributed by atoms with Crippen LogP contribution in [-0.2, 0) is 0 Å². The Morgan fingerprint density at radius 1 is 2.20 bits per heavy atom. The summed E-state index contributed by atoms with van der Waals surface area (Å²) in [4.78, 5) is 0. The zero-order valence-electron chi connectivity index (χ0n) is 9.78. The maximum Gasteiger partial charge on any atom is 0.0310 e. The summed E-state index contributed by atoms with van der Waals surface area (Å²) >= 11 is 0. The first-order valence-electron chi connectivity index (χ1n) is 4.76. The van der Waals surface area contributed by atoms with Crippen LogP contribution in [-0.4, -0.2) is 6.54 Å². The van der Waals surface area contributed by atoms with Crippen LogP contribution in [0, 0.1) is 5.89 Å². The summed E-state index contributed by atoms with van der Waals surface area (Å²) in [5, 5.41) is 0. The molecule has 0 heterocycles. The lowest BCUT2D eigenvalue weighted by Crippen LogP contribution is -2.05. The number of nitrogens with two attached hydrogens (primary N) is 1. The molecule has 0 fully saturated rings. The molecule has 0 saturated heterocycles. The predicted molar refractivity (Wildman–Crippen MR) is 23.9 cm³/mol. The van der Waals surface area contributed by atoms with Gasteiger partial charge in [0, 0.05) is 9.60 Å². The molecular weight excluding hydrogens is 62.1 g/mol. The number of hydrogen-bond acceptors (Lipinski definition) is 1. The highest BCUT2D eigenvalue weighted by Gasteiger charge is 1.80. The van der Waals surface area contributed by atoms with E-state index in [2.05, 4.69) is 0 Å². The summed E-state index contributed by atoms with van der Waals surface area (Å²) in [6, 6.07) is 0. The molecule has 0 aromatic carbocycles. The average Bonchev–Trinajstić information content (AvgIpc) is 1.81. The second-order valence-corrected chi connectivity index (χ2v) is 0.683. The Hall–Kier alpha value is -0.0400. The van der Waals surface area contributed by atoms with E-state index in [1.54, 1.807) is 0 Å². The van der Waals surface area contributed by atoms with E-state index in [0.717, 1.165) is 0 Å². The smallest absolute Gasteiger partial charge is 0.0310 e. The minimum Gasteiger partial charge on any atom is -0.330 e.